The molecule has 0 aliphatic carbocycles. The summed E-state index contributed by atoms with van der Waals surface area (Å²) in [6.07, 6.45) is 1.18. The third kappa shape index (κ3) is 6.09. The van der Waals surface area contributed by atoms with Gasteiger partial charge in [-0.25, -0.2) is 0 Å². The molecule has 3 N–H and O–H groups in total. The van der Waals surface area contributed by atoms with Crippen molar-refractivity contribution in [3.63, 3.8) is 0 Å². The van der Waals surface area contributed by atoms with E-state index in [4.69, 9.17) is 4.74 Å². The predicted octanol–water partition coefficient (Wildman–Crippen LogP) is 3.66. The van der Waals surface area contributed by atoms with Crippen molar-refractivity contribution in [1.82, 2.24) is 10.9 Å². The van der Waals surface area contributed by atoms with Gasteiger partial charge in [-0.3, -0.25) is 25.2 Å². The quantitative estimate of drug-likeness (QED) is 0.564. The number of rotatable bonds is 7. The molecule has 0 heterocycles. The second-order valence-corrected chi connectivity index (χ2v) is 6.79. The molecular weight excluding hydrogens is 426 g/mol. The summed E-state index contributed by atoms with van der Waals surface area (Å²) in [6, 6.07) is 11.4. The van der Waals surface area contributed by atoms with Crippen molar-refractivity contribution in [3.05, 3.63) is 58.1 Å². The van der Waals surface area contributed by atoms with Crippen molar-refractivity contribution in [2.45, 2.75) is 26.7 Å². The minimum absolute atomic E-state index is 0.111. The highest BCUT2D eigenvalue weighted by Gasteiger charge is 2.15. The number of ether oxygens (including phenoxy) is 1. The maximum absolute atomic E-state index is 12.5. The van der Waals surface area contributed by atoms with Gasteiger partial charge in [0.25, 0.3) is 11.8 Å². The van der Waals surface area contributed by atoms with Crippen LogP contribution < -0.4 is 20.9 Å². The number of carbonyl (C=O) groups excluding carboxylic acids is 3. The number of hydrazine groups is 1. The number of anilines is 1. The first-order valence-electron chi connectivity index (χ1n) is 8.87. The van der Waals surface area contributed by atoms with Crippen LogP contribution in [0.15, 0.2) is 46.9 Å². The number of halogens is 1. The monoisotopic (exact) mass is 447 g/mol. The van der Waals surface area contributed by atoms with Crippen LogP contribution >= 0.6 is 15.9 Å². The van der Waals surface area contributed by atoms with E-state index in [2.05, 4.69) is 32.1 Å². The van der Waals surface area contributed by atoms with Crippen LogP contribution in [0, 0.1) is 0 Å². The van der Waals surface area contributed by atoms with Gasteiger partial charge in [-0.05, 0) is 48.9 Å². The first-order valence-corrected chi connectivity index (χ1v) is 9.66. The number of benzene rings is 2. The van der Waals surface area contributed by atoms with E-state index in [1.54, 1.807) is 49.4 Å². The highest BCUT2D eigenvalue weighted by molar-refractivity contribution is 9.10. The van der Waals surface area contributed by atoms with Gasteiger partial charge in [0, 0.05) is 22.1 Å². The van der Waals surface area contributed by atoms with Crippen LogP contribution in [0.2, 0.25) is 0 Å². The molecule has 28 heavy (non-hydrogen) atoms. The van der Waals surface area contributed by atoms with E-state index in [9.17, 15) is 14.4 Å². The summed E-state index contributed by atoms with van der Waals surface area (Å²) in [6.45, 7) is 4.21. The highest BCUT2D eigenvalue weighted by atomic mass is 79.9. The van der Waals surface area contributed by atoms with E-state index in [0.29, 0.717) is 35.6 Å². The Morgan fingerprint density at radius 2 is 1.64 bits per heavy atom. The molecule has 8 heteroatoms. The fourth-order valence-electron chi connectivity index (χ4n) is 2.22. The Balaban J connectivity index is 1.99. The van der Waals surface area contributed by atoms with Gasteiger partial charge in [0.2, 0.25) is 5.91 Å². The second kappa shape index (κ2) is 10.5. The zero-order valence-corrected chi connectivity index (χ0v) is 17.3. The summed E-state index contributed by atoms with van der Waals surface area (Å²) in [7, 11) is 0. The van der Waals surface area contributed by atoms with Gasteiger partial charge >= 0.3 is 0 Å². The minimum atomic E-state index is -0.493. The number of carbonyl (C=O) groups is 3. The fraction of sp³-hybridized carbons (Fsp3) is 0.250. The van der Waals surface area contributed by atoms with Crippen LogP contribution in [0.5, 0.6) is 5.75 Å². The lowest BCUT2D eigenvalue weighted by atomic mass is 10.2. The topological polar surface area (TPSA) is 96.5 Å². The molecule has 3 amide bonds. The molecule has 7 nitrogen and oxygen atoms in total. The summed E-state index contributed by atoms with van der Waals surface area (Å²) in [5.41, 5.74) is 6.01. The highest BCUT2D eigenvalue weighted by Crippen LogP contribution is 2.23. The van der Waals surface area contributed by atoms with Crippen LogP contribution in [0.4, 0.5) is 5.69 Å². The van der Waals surface area contributed by atoms with Crippen molar-refractivity contribution in [1.29, 1.82) is 0 Å². The van der Waals surface area contributed by atoms with E-state index < -0.39 is 11.8 Å². The minimum Gasteiger partial charge on any atom is -0.493 e. The van der Waals surface area contributed by atoms with E-state index in [-0.39, 0.29) is 5.91 Å². The van der Waals surface area contributed by atoms with Gasteiger partial charge in [0.05, 0.1) is 12.2 Å². The van der Waals surface area contributed by atoms with Crippen molar-refractivity contribution in [2.75, 3.05) is 11.9 Å². The smallest absolute Gasteiger partial charge is 0.273 e. The number of hydrogen-bond donors (Lipinski definition) is 3. The molecule has 0 spiro atoms. The zero-order chi connectivity index (χ0) is 20.5. The summed E-state index contributed by atoms with van der Waals surface area (Å²) < 4.78 is 6.30. The van der Waals surface area contributed by atoms with Gasteiger partial charge in [-0.15, -0.1) is 0 Å². The Kier molecular flexibility index (Phi) is 8.01. The van der Waals surface area contributed by atoms with Crippen LogP contribution in [0.1, 0.15) is 47.4 Å². The molecule has 0 unspecified atom stereocenters. The molecule has 0 saturated heterocycles. The van der Waals surface area contributed by atoms with E-state index in [0.717, 1.165) is 10.9 Å². The molecule has 2 aromatic rings. The van der Waals surface area contributed by atoms with Crippen LogP contribution in [0.25, 0.3) is 0 Å². The number of amides is 3. The van der Waals surface area contributed by atoms with Crippen molar-refractivity contribution < 1.29 is 19.1 Å². The molecule has 0 bridgehead atoms. The first-order chi connectivity index (χ1) is 13.4. The van der Waals surface area contributed by atoms with Crippen LogP contribution in [-0.4, -0.2) is 24.3 Å². The van der Waals surface area contributed by atoms with Crippen molar-refractivity contribution >= 4 is 39.3 Å². The normalized spacial score (nSPS) is 10.1. The Morgan fingerprint density at radius 3 is 2.29 bits per heavy atom. The Hall–Kier alpha value is -2.87. The fourth-order valence-corrected chi connectivity index (χ4v) is 2.59. The van der Waals surface area contributed by atoms with E-state index in [1.807, 2.05) is 6.92 Å². The lowest BCUT2D eigenvalue weighted by Crippen LogP contribution is -2.41. The maximum Gasteiger partial charge on any atom is 0.273 e. The molecule has 2 rings (SSSR count). The molecule has 0 aliphatic heterocycles. The molecule has 0 fully saturated rings. The average molecular weight is 448 g/mol. The lowest BCUT2D eigenvalue weighted by molar-refractivity contribution is -0.115. The standard InChI is InChI=1S/C20H22BrN3O4/c1-3-11-28-17-10-7-14(21)12-16(17)20(27)24-23-19(26)13-5-8-15(9-6-13)22-18(25)4-2/h5-10,12H,3-4,11H2,1-2H3,(H,22,25)(H,23,26)(H,24,27). The number of nitrogens with one attached hydrogen (secondary N) is 3. The average Bonchev–Trinajstić information content (AvgIpc) is 2.71. The molecule has 148 valence electrons. The molecule has 0 saturated carbocycles. The number of hydrogen-bond acceptors (Lipinski definition) is 4. The van der Waals surface area contributed by atoms with Gasteiger partial charge in [0.1, 0.15) is 5.75 Å². The molecule has 2 aromatic carbocycles. The van der Waals surface area contributed by atoms with Gasteiger partial charge in [-0.2, -0.15) is 0 Å². The maximum atomic E-state index is 12.5. The van der Waals surface area contributed by atoms with E-state index in [1.165, 1.54) is 0 Å². The summed E-state index contributed by atoms with van der Waals surface area (Å²) >= 11 is 3.33. The lowest BCUT2D eigenvalue weighted by Gasteiger charge is -2.12. The largest absolute Gasteiger partial charge is 0.493 e. The predicted molar refractivity (Wildman–Crippen MR) is 110 cm³/mol. The Labute approximate surface area is 171 Å². The molecule has 0 radical (unpaired) electrons. The van der Waals surface area contributed by atoms with Crippen LogP contribution in [-0.2, 0) is 4.79 Å². The Morgan fingerprint density at radius 1 is 0.964 bits per heavy atom. The molecule has 0 atom stereocenters. The van der Waals surface area contributed by atoms with Gasteiger partial charge < -0.3 is 10.1 Å². The zero-order valence-electron chi connectivity index (χ0n) is 15.7. The van der Waals surface area contributed by atoms with Crippen LogP contribution in [0.3, 0.4) is 0 Å². The molecule has 0 aliphatic rings. The van der Waals surface area contributed by atoms with Crippen molar-refractivity contribution in [2.24, 2.45) is 0 Å². The van der Waals surface area contributed by atoms with Gasteiger partial charge in [0.15, 0.2) is 0 Å². The van der Waals surface area contributed by atoms with E-state index >= 15 is 0 Å². The van der Waals surface area contributed by atoms with Gasteiger partial charge in [-0.1, -0.05) is 29.8 Å². The summed E-state index contributed by atoms with van der Waals surface area (Å²) in [5, 5.41) is 2.70. The third-order valence-electron chi connectivity index (χ3n) is 3.69. The molecule has 0 aromatic heterocycles. The Bertz CT molecular complexity index is 853. The second-order valence-electron chi connectivity index (χ2n) is 5.88. The summed E-state index contributed by atoms with van der Waals surface area (Å²) in [4.78, 5) is 36.1. The first kappa shape index (κ1) is 21.4. The molecular formula is C20H22BrN3O4. The SMILES string of the molecule is CCCOc1ccc(Br)cc1C(=O)NNC(=O)c1ccc(NC(=O)CC)cc1. The third-order valence-corrected chi connectivity index (χ3v) is 4.18. The van der Waals surface area contributed by atoms with Crippen molar-refractivity contribution in [3.8, 4) is 5.75 Å². The summed E-state index contributed by atoms with van der Waals surface area (Å²) in [5.74, 6) is -0.646.